The third-order valence-electron chi connectivity index (χ3n) is 3.27. The highest BCUT2D eigenvalue weighted by molar-refractivity contribution is 7.13. The number of aromatic nitrogens is 1. The van der Waals surface area contributed by atoms with Gasteiger partial charge in [-0.1, -0.05) is 0 Å². The number of piperidine rings is 1. The zero-order chi connectivity index (χ0) is 12.1. The summed E-state index contributed by atoms with van der Waals surface area (Å²) in [5.74, 6) is 0. The molecule has 2 rings (SSSR count). The van der Waals surface area contributed by atoms with Crippen molar-refractivity contribution >= 4 is 16.5 Å². The lowest BCUT2D eigenvalue weighted by Gasteiger charge is -2.33. The molecule has 0 radical (unpaired) electrons. The van der Waals surface area contributed by atoms with Gasteiger partial charge in [-0.25, -0.2) is 4.98 Å². The Hall–Kier alpha value is -0.650. The summed E-state index contributed by atoms with van der Waals surface area (Å²) in [5, 5.41) is 15.6. The molecule has 96 valence electrons. The minimum atomic E-state index is 0.270. The summed E-state index contributed by atoms with van der Waals surface area (Å²) in [5.41, 5.74) is 0. The number of aliphatic hydroxyl groups excluding tert-OH is 1. The Labute approximate surface area is 107 Å². The van der Waals surface area contributed by atoms with Crippen LogP contribution in [0.15, 0.2) is 11.6 Å². The zero-order valence-corrected chi connectivity index (χ0v) is 11.1. The van der Waals surface area contributed by atoms with Gasteiger partial charge in [0.2, 0.25) is 0 Å². The van der Waals surface area contributed by atoms with Gasteiger partial charge in [-0.2, -0.15) is 0 Å². The topological polar surface area (TPSA) is 48.4 Å². The van der Waals surface area contributed by atoms with E-state index < -0.39 is 0 Å². The highest BCUT2D eigenvalue weighted by Crippen LogP contribution is 2.22. The van der Waals surface area contributed by atoms with Gasteiger partial charge in [-0.15, -0.1) is 11.3 Å². The maximum atomic E-state index is 8.88. The first-order chi connectivity index (χ1) is 8.29. The molecule has 4 nitrogen and oxygen atoms in total. The van der Waals surface area contributed by atoms with Crippen LogP contribution >= 0.6 is 11.3 Å². The summed E-state index contributed by atoms with van der Waals surface area (Å²) in [4.78, 5) is 6.71. The molecule has 5 heteroatoms. The van der Waals surface area contributed by atoms with E-state index in [0.29, 0.717) is 12.1 Å². The van der Waals surface area contributed by atoms with Gasteiger partial charge >= 0.3 is 0 Å². The first kappa shape index (κ1) is 12.8. The molecule has 0 bridgehead atoms. The number of aliphatic hydroxyl groups is 1. The smallest absolute Gasteiger partial charge is 0.185 e. The molecule has 2 heterocycles. The number of hydrogen-bond donors (Lipinski definition) is 2. The second-order valence-electron chi connectivity index (χ2n) is 4.66. The van der Waals surface area contributed by atoms with Crippen LogP contribution in [0.4, 0.5) is 5.13 Å². The van der Waals surface area contributed by atoms with Gasteiger partial charge in [0.15, 0.2) is 5.13 Å². The molecule has 1 aromatic rings. The van der Waals surface area contributed by atoms with Crippen LogP contribution in [0.2, 0.25) is 0 Å². The van der Waals surface area contributed by atoms with Crippen molar-refractivity contribution in [1.82, 2.24) is 10.3 Å². The van der Waals surface area contributed by atoms with E-state index in [1.807, 2.05) is 11.6 Å². The Morgan fingerprint density at radius 2 is 2.35 bits per heavy atom. The fourth-order valence-corrected chi connectivity index (χ4v) is 2.99. The summed E-state index contributed by atoms with van der Waals surface area (Å²) in [6, 6.07) is 1.00. The first-order valence-corrected chi connectivity index (χ1v) is 7.19. The van der Waals surface area contributed by atoms with Crippen molar-refractivity contribution in [1.29, 1.82) is 0 Å². The first-order valence-electron chi connectivity index (χ1n) is 6.31. The number of hydrogen-bond acceptors (Lipinski definition) is 5. The quantitative estimate of drug-likeness (QED) is 0.836. The summed E-state index contributed by atoms with van der Waals surface area (Å²) < 4.78 is 0. The third kappa shape index (κ3) is 3.66. The van der Waals surface area contributed by atoms with Gasteiger partial charge in [0.25, 0.3) is 0 Å². The third-order valence-corrected chi connectivity index (χ3v) is 4.10. The minimum Gasteiger partial charge on any atom is -0.396 e. The number of thiazole rings is 1. The molecular formula is C12H21N3OS. The Morgan fingerprint density at radius 3 is 2.94 bits per heavy atom. The molecule has 2 N–H and O–H groups in total. The van der Waals surface area contributed by atoms with Crippen molar-refractivity contribution in [3.63, 3.8) is 0 Å². The predicted octanol–water partition coefficient (Wildman–Crippen LogP) is 1.47. The maximum absolute atomic E-state index is 8.88. The zero-order valence-electron chi connectivity index (χ0n) is 10.3. The lowest BCUT2D eigenvalue weighted by atomic mass is 10.0. The number of rotatable bonds is 5. The van der Waals surface area contributed by atoms with E-state index in [9.17, 15) is 0 Å². The molecule has 1 saturated heterocycles. The van der Waals surface area contributed by atoms with Gasteiger partial charge in [-0.05, 0) is 26.2 Å². The summed E-state index contributed by atoms with van der Waals surface area (Å²) >= 11 is 1.71. The molecule has 1 unspecified atom stereocenters. The Bertz CT molecular complexity index is 310. The molecule has 1 fully saturated rings. The van der Waals surface area contributed by atoms with Crippen molar-refractivity contribution in [3.05, 3.63) is 11.6 Å². The highest BCUT2D eigenvalue weighted by Gasteiger charge is 2.21. The van der Waals surface area contributed by atoms with Gasteiger partial charge in [0, 0.05) is 43.4 Å². The molecule has 1 aromatic heterocycles. The molecule has 0 amide bonds. The minimum absolute atomic E-state index is 0.270. The van der Waals surface area contributed by atoms with Crippen LogP contribution in [0.3, 0.4) is 0 Å². The van der Waals surface area contributed by atoms with Crippen molar-refractivity contribution < 1.29 is 5.11 Å². The second kappa shape index (κ2) is 6.33. The number of nitrogens with one attached hydrogen (secondary N) is 1. The summed E-state index contributed by atoms with van der Waals surface area (Å²) in [6.07, 6.45) is 5.03. The number of anilines is 1. The summed E-state index contributed by atoms with van der Waals surface area (Å²) in [6.45, 7) is 4.57. The van der Waals surface area contributed by atoms with E-state index in [1.165, 1.54) is 0 Å². The average molecular weight is 255 g/mol. The van der Waals surface area contributed by atoms with Crippen molar-refractivity contribution in [2.24, 2.45) is 0 Å². The Balaban J connectivity index is 1.74. The normalized spacial score (nSPS) is 19.5. The van der Waals surface area contributed by atoms with Crippen molar-refractivity contribution in [2.45, 2.75) is 38.3 Å². The molecule has 1 aliphatic heterocycles. The van der Waals surface area contributed by atoms with Crippen LogP contribution in [-0.2, 0) is 0 Å². The number of nitrogens with zero attached hydrogens (tertiary/aromatic N) is 2. The molecule has 17 heavy (non-hydrogen) atoms. The van der Waals surface area contributed by atoms with E-state index in [2.05, 4.69) is 22.1 Å². The van der Waals surface area contributed by atoms with Gasteiger partial charge < -0.3 is 15.3 Å². The SMILES string of the molecule is CC(CCO)NC1CCN(c2nccs2)CC1. The van der Waals surface area contributed by atoms with E-state index in [4.69, 9.17) is 5.11 Å². The van der Waals surface area contributed by atoms with E-state index in [0.717, 1.165) is 37.5 Å². The van der Waals surface area contributed by atoms with E-state index in [1.54, 1.807) is 11.3 Å². The van der Waals surface area contributed by atoms with Crippen LogP contribution in [0.25, 0.3) is 0 Å². The maximum Gasteiger partial charge on any atom is 0.185 e. The highest BCUT2D eigenvalue weighted by atomic mass is 32.1. The van der Waals surface area contributed by atoms with E-state index in [-0.39, 0.29) is 6.61 Å². The van der Waals surface area contributed by atoms with Crippen LogP contribution < -0.4 is 10.2 Å². The second-order valence-corrected chi connectivity index (χ2v) is 5.53. The molecule has 0 spiro atoms. The molecule has 0 saturated carbocycles. The molecule has 0 aliphatic carbocycles. The van der Waals surface area contributed by atoms with Crippen LogP contribution in [0.5, 0.6) is 0 Å². The fourth-order valence-electron chi connectivity index (χ4n) is 2.29. The van der Waals surface area contributed by atoms with Crippen LogP contribution in [0, 0.1) is 0 Å². The molecule has 1 aliphatic rings. The lowest BCUT2D eigenvalue weighted by Crippen LogP contribution is -2.45. The van der Waals surface area contributed by atoms with Crippen molar-refractivity contribution in [2.75, 3.05) is 24.6 Å². The Kier molecular flexibility index (Phi) is 4.76. The van der Waals surface area contributed by atoms with E-state index >= 15 is 0 Å². The Morgan fingerprint density at radius 1 is 1.59 bits per heavy atom. The van der Waals surface area contributed by atoms with Crippen LogP contribution in [-0.4, -0.2) is 41.9 Å². The largest absolute Gasteiger partial charge is 0.396 e. The summed E-state index contributed by atoms with van der Waals surface area (Å²) in [7, 11) is 0. The monoisotopic (exact) mass is 255 g/mol. The average Bonchev–Trinajstić information content (AvgIpc) is 2.84. The molecule has 1 atom stereocenters. The molecule has 0 aromatic carbocycles. The van der Waals surface area contributed by atoms with Crippen LogP contribution in [0.1, 0.15) is 26.2 Å². The predicted molar refractivity (Wildman–Crippen MR) is 71.6 cm³/mol. The van der Waals surface area contributed by atoms with Gasteiger partial charge in [0.05, 0.1) is 0 Å². The van der Waals surface area contributed by atoms with Gasteiger partial charge in [-0.3, -0.25) is 0 Å². The van der Waals surface area contributed by atoms with Gasteiger partial charge in [0.1, 0.15) is 0 Å². The van der Waals surface area contributed by atoms with Crippen molar-refractivity contribution in [3.8, 4) is 0 Å². The lowest BCUT2D eigenvalue weighted by molar-refractivity contribution is 0.257. The standard InChI is InChI=1S/C12H21N3OS/c1-10(4-8-16)14-11-2-6-15(7-3-11)12-13-5-9-17-12/h5,9-11,14,16H,2-4,6-8H2,1H3. The fraction of sp³-hybridized carbons (Fsp3) is 0.750. The molecular weight excluding hydrogens is 234 g/mol.